The summed E-state index contributed by atoms with van der Waals surface area (Å²) < 4.78 is 2.83. The third kappa shape index (κ3) is 4.10. The van der Waals surface area contributed by atoms with Crippen molar-refractivity contribution in [1.82, 2.24) is 19.7 Å². The number of nitrogens with one attached hydrogen (secondary N) is 1. The predicted molar refractivity (Wildman–Crippen MR) is 114 cm³/mol. The Labute approximate surface area is 173 Å². The molecule has 7 heteroatoms. The molecule has 1 N–H and O–H groups in total. The second-order valence-electron chi connectivity index (χ2n) is 7.47. The fraction of sp³-hybridized carbons (Fsp3) is 0.381. The molecule has 0 radical (unpaired) electrons. The Morgan fingerprint density at radius 1 is 1.25 bits per heavy atom. The van der Waals surface area contributed by atoms with Gasteiger partial charge in [-0.2, -0.15) is 5.10 Å². The third-order valence-corrected chi connectivity index (χ3v) is 5.92. The molecule has 0 unspecified atom stereocenters. The monoisotopic (exact) mass is 441 g/mol. The van der Waals surface area contributed by atoms with Gasteiger partial charge in [0, 0.05) is 41.3 Å². The van der Waals surface area contributed by atoms with E-state index < -0.39 is 0 Å². The van der Waals surface area contributed by atoms with Crippen molar-refractivity contribution in [3.8, 4) is 0 Å². The van der Waals surface area contributed by atoms with Crippen molar-refractivity contribution >= 4 is 38.6 Å². The fourth-order valence-corrected chi connectivity index (χ4v) is 4.09. The summed E-state index contributed by atoms with van der Waals surface area (Å²) in [4.78, 5) is 19.5. The lowest BCUT2D eigenvalue weighted by Gasteiger charge is -2.31. The smallest absolute Gasteiger partial charge is 0.227 e. The number of likely N-dealkylation sites (tertiary alicyclic amines) is 1. The summed E-state index contributed by atoms with van der Waals surface area (Å²) in [7, 11) is 1.92. The maximum atomic E-state index is 12.5. The highest BCUT2D eigenvalue weighted by Crippen LogP contribution is 2.23. The van der Waals surface area contributed by atoms with Gasteiger partial charge in [0.1, 0.15) is 0 Å². The largest absolute Gasteiger partial charge is 0.326 e. The van der Waals surface area contributed by atoms with E-state index in [1.807, 2.05) is 49.1 Å². The van der Waals surface area contributed by atoms with E-state index >= 15 is 0 Å². The Morgan fingerprint density at radius 3 is 2.68 bits per heavy atom. The van der Waals surface area contributed by atoms with Gasteiger partial charge in [-0.3, -0.25) is 14.4 Å². The van der Waals surface area contributed by atoms with E-state index in [4.69, 9.17) is 0 Å². The van der Waals surface area contributed by atoms with Crippen LogP contribution < -0.4 is 5.32 Å². The minimum absolute atomic E-state index is 0.0704. The van der Waals surface area contributed by atoms with E-state index in [1.165, 1.54) is 5.56 Å². The summed E-state index contributed by atoms with van der Waals surface area (Å²) in [6.07, 6.45) is 3.70. The van der Waals surface area contributed by atoms with Gasteiger partial charge in [0.15, 0.2) is 5.65 Å². The molecular formula is C21H24BrN5O. The zero-order valence-corrected chi connectivity index (χ0v) is 17.7. The van der Waals surface area contributed by atoms with E-state index in [-0.39, 0.29) is 11.8 Å². The Morgan fingerprint density at radius 2 is 1.96 bits per heavy atom. The predicted octanol–water partition coefficient (Wildman–Crippen LogP) is 3.89. The van der Waals surface area contributed by atoms with Crippen LogP contribution in [-0.2, 0) is 18.4 Å². The van der Waals surface area contributed by atoms with Gasteiger partial charge in [0.05, 0.1) is 5.69 Å². The third-order valence-electron chi connectivity index (χ3n) is 5.40. The molecule has 4 rings (SSSR count). The van der Waals surface area contributed by atoms with Crippen molar-refractivity contribution in [3.05, 3.63) is 52.3 Å². The molecule has 146 valence electrons. The SMILES string of the molecule is Cc1nn(C)c2ncc(CN3CCC(C(=O)Nc4ccc(Br)cc4)CC3)cc12. The maximum absolute atomic E-state index is 12.5. The summed E-state index contributed by atoms with van der Waals surface area (Å²) in [6, 6.07) is 9.90. The summed E-state index contributed by atoms with van der Waals surface area (Å²) in [5, 5.41) is 8.59. The number of amides is 1. The number of rotatable bonds is 4. The molecule has 1 amide bonds. The highest BCUT2D eigenvalue weighted by molar-refractivity contribution is 9.10. The highest BCUT2D eigenvalue weighted by atomic mass is 79.9. The molecule has 1 aromatic carbocycles. The van der Waals surface area contributed by atoms with Crippen LogP contribution in [-0.4, -0.2) is 38.7 Å². The number of piperidine rings is 1. The van der Waals surface area contributed by atoms with Gasteiger partial charge in [0.25, 0.3) is 0 Å². The number of benzene rings is 1. The van der Waals surface area contributed by atoms with Crippen LogP contribution >= 0.6 is 15.9 Å². The minimum Gasteiger partial charge on any atom is -0.326 e. The first-order valence-electron chi connectivity index (χ1n) is 9.56. The van der Waals surface area contributed by atoms with Gasteiger partial charge in [-0.25, -0.2) is 4.98 Å². The normalized spacial score (nSPS) is 15.8. The second-order valence-corrected chi connectivity index (χ2v) is 8.39. The number of anilines is 1. The van der Waals surface area contributed by atoms with Crippen LogP contribution in [0.4, 0.5) is 5.69 Å². The van der Waals surface area contributed by atoms with Crippen molar-refractivity contribution in [2.75, 3.05) is 18.4 Å². The Balaban J connectivity index is 1.33. The molecule has 0 atom stereocenters. The molecule has 0 aliphatic carbocycles. The molecule has 0 saturated carbocycles. The summed E-state index contributed by atoms with van der Waals surface area (Å²) in [6.45, 7) is 4.71. The molecule has 1 saturated heterocycles. The second kappa shape index (κ2) is 8.01. The number of nitrogens with zero attached hydrogens (tertiary/aromatic N) is 4. The molecule has 0 bridgehead atoms. The summed E-state index contributed by atoms with van der Waals surface area (Å²) in [5.74, 6) is 0.192. The number of halogens is 1. The van der Waals surface area contributed by atoms with Crippen LogP contribution in [0, 0.1) is 12.8 Å². The molecule has 6 nitrogen and oxygen atoms in total. The van der Waals surface area contributed by atoms with Crippen molar-refractivity contribution < 1.29 is 4.79 Å². The van der Waals surface area contributed by atoms with Gasteiger partial charge in [-0.1, -0.05) is 15.9 Å². The number of aromatic nitrogens is 3. The Bertz CT molecular complexity index is 990. The molecular weight excluding hydrogens is 418 g/mol. The number of hydrogen-bond acceptors (Lipinski definition) is 4. The van der Waals surface area contributed by atoms with Crippen LogP contribution in [0.3, 0.4) is 0 Å². The van der Waals surface area contributed by atoms with Crippen LogP contribution in [0.15, 0.2) is 41.0 Å². The van der Waals surface area contributed by atoms with E-state index in [0.717, 1.165) is 59.4 Å². The van der Waals surface area contributed by atoms with Crippen LogP contribution in [0.2, 0.25) is 0 Å². The minimum atomic E-state index is 0.0704. The number of pyridine rings is 1. The average Bonchev–Trinajstić information content (AvgIpc) is 2.97. The van der Waals surface area contributed by atoms with Crippen LogP contribution in [0.1, 0.15) is 24.1 Å². The molecule has 2 aromatic heterocycles. The van der Waals surface area contributed by atoms with E-state index in [9.17, 15) is 4.79 Å². The molecule has 1 aliphatic heterocycles. The Hall–Kier alpha value is -2.25. The molecule has 1 fully saturated rings. The maximum Gasteiger partial charge on any atom is 0.227 e. The molecule has 1 aliphatic rings. The highest BCUT2D eigenvalue weighted by Gasteiger charge is 2.25. The standard InChI is InChI=1S/C21H24BrN5O/c1-14-19-11-15(12-23-20(19)26(2)25-14)13-27-9-7-16(8-10-27)21(28)24-18-5-3-17(22)4-6-18/h3-6,11-12,16H,7-10,13H2,1-2H3,(H,24,28). The van der Waals surface area contributed by atoms with Gasteiger partial charge < -0.3 is 5.32 Å². The number of fused-ring (bicyclic) bond motifs is 1. The molecule has 0 spiro atoms. The lowest BCUT2D eigenvalue weighted by Crippen LogP contribution is -2.37. The number of carbonyl (C=O) groups excluding carboxylic acids is 1. The quantitative estimate of drug-likeness (QED) is 0.666. The fourth-order valence-electron chi connectivity index (χ4n) is 3.83. The first kappa shape index (κ1) is 19.1. The topological polar surface area (TPSA) is 63.1 Å². The molecule has 28 heavy (non-hydrogen) atoms. The van der Waals surface area contributed by atoms with E-state index in [2.05, 4.69) is 42.3 Å². The number of hydrogen-bond donors (Lipinski definition) is 1. The summed E-state index contributed by atoms with van der Waals surface area (Å²) >= 11 is 3.41. The van der Waals surface area contributed by atoms with Crippen molar-refractivity contribution in [2.45, 2.75) is 26.3 Å². The summed E-state index contributed by atoms with van der Waals surface area (Å²) in [5.41, 5.74) is 3.97. The van der Waals surface area contributed by atoms with Crippen LogP contribution in [0.25, 0.3) is 11.0 Å². The van der Waals surface area contributed by atoms with Gasteiger partial charge in [0.2, 0.25) is 5.91 Å². The van der Waals surface area contributed by atoms with E-state index in [1.54, 1.807) is 0 Å². The first-order chi connectivity index (χ1) is 13.5. The first-order valence-corrected chi connectivity index (χ1v) is 10.4. The van der Waals surface area contributed by atoms with Crippen molar-refractivity contribution in [1.29, 1.82) is 0 Å². The molecule has 3 aromatic rings. The lowest BCUT2D eigenvalue weighted by atomic mass is 9.95. The van der Waals surface area contributed by atoms with Gasteiger partial charge in [-0.05, 0) is 68.8 Å². The lowest BCUT2D eigenvalue weighted by molar-refractivity contribution is -0.121. The van der Waals surface area contributed by atoms with Crippen LogP contribution in [0.5, 0.6) is 0 Å². The number of carbonyl (C=O) groups is 1. The van der Waals surface area contributed by atoms with Crippen molar-refractivity contribution in [2.24, 2.45) is 13.0 Å². The Kier molecular flexibility index (Phi) is 5.46. The van der Waals surface area contributed by atoms with Gasteiger partial charge in [-0.15, -0.1) is 0 Å². The molecule has 3 heterocycles. The zero-order chi connectivity index (χ0) is 19.7. The number of aryl methyl sites for hydroxylation is 2. The van der Waals surface area contributed by atoms with Gasteiger partial charge >= 0.3 is 0 Å². The van der Waals surface area contributed by atoms with E-state index in [0.29, 0.717) is 0 Å². The van der Waals surface area contributed by atoms with Crippen molar-refractivity contribution in [3.63, 3.8) is 0 Å². The average molecular weight is 442 g/mol. The zero-order valence-electron chi connectivity index (χ0n) is 16.2.